The fraction of sp³-hybridized carbons (Fsp3) is 0.316. The molecule has 3 heterocycles. The predicted molar refractivity (Wildman–Crippen MR) is 117 cm³/mol. The number of carbonyl (C=O) groups excluding carboxylic acids is 2. The molecule has 0 bridgehead atoms. The number of imidazole rings is 1. The number of nitrogens with zero attached hydrogens (tertiary/aromatic N) is 6. The molecule has 1 aromatic carbocycles. The molecule has 0 fully saturated rings. The molecule has 2 aromatic heterocycles. The second-order valence-corrected chi connectivity index (χ2v) is 7.50. The number of H-pyrrole nitrogens is 1. The average Bonchev–Trinajstić information content (AvgIpc) is 3.11. The third-order valence-corrected chi connectivity index (χ3v) is 5.20. The lowest BCUT2D eigenvalue weighted by Crippen LogP contribution is -2.37. The Kier molecular flexibility index (Phi) is 5.08. The highest BCUT2D eigenvalue weighted by atomic mass is 16.2. The van der Waals surface area contributed by atoms with Crippen LogP contribution in [0, 0.1) is 0 Å². The van der Waals surface area contributed by atoms with Gasteiger partial charge in [-0.3, -0.25) is 28.9 Å². The van der Waals surface area contributed by atoms with Gasteiger partial charge in [0.2, 0.25) is 11.8 Å². The highest BCUT2D eigenvalue weighted by Gasteiger charge is 2.27. The molecule has 166 valence electrons. The van der Waals surface area contributed by atoms with Crippen LogP contribution in [0.25, 0.3) is 11.2 Å². The second-order valence-electron chi connectivity index (χ2n) is 7.50. The predicted octanol–water partition coefficient (Wildman–Crippen LogP) is 1.15. The topological polar surface area (TPSA) is 159 Å². The second kappa shape index (κ2) is 7.76. The molecule has 0 saturated heterocycles. The van der Waals surface area contributed by atoms with E-state index in [2.05, 4.69) is 31.0 Å². The maximum Gasteiger partial charge on any atom is 0.332 e. The van der Waals surface area contributed by atoms with Crippen molar-refractivity contribution in [2.24, 2.45) is 24.4 Å². The summed E-state index contributed by atoms with van der Waals surface area (Å²) in [4.78, 5) is 56.9. The Morgan fingerprint density at radius 1 is 1.22 bits per heavy atom. The van der Waals surface area contributed by atoms with E-state index < -0.39 is 11.2 Å². The molecule has 0 spiro atoms. The lowest BCUT2D eigenvalue weighted by atomic mass is 10.1. The van der Waals surface area contributed by atoms with Crippen LogP contribution in [0.15, 0.2) is 38.1 Å². The number of anilines is 3. The summed E-state index contributed by atoms with van der Waals surface area (Å²) in [5.41, 5.74) is 3.56. The van der Waals surface area contributed by atoms with Gasteiger partial charge in [-0.1, -0.05) is 10.3 Å². The number of nitrogens with one attached hydrogen (secondary N) is 3. The Balaban J connectivity index is 1.61. The molecular weight excluding hydrogens is 418 g/mol. The zero-order valence-corrected chi connectivity index (χ0v) is 17.8. The van der Waals surface area contributed by atoms with Gasteiger partial charge in [0.15, 0.2) is 11.2 Å². The summed E-state index contributed by atoms with van der Waals surface area (Å²) < 4.78 is 2.20. The van der Waals surface area contributed by atoms with Crippen molar-refractivity contribution < 1.29 is 9.59 Å². The van der Waals surface area contributed by atoms with Crippen LogP contribution in [-0.2, 0) is 23.7 Å². The molecule has 3 N–H and O–H groups in total. The minimum atomic E-state index is -0.518. The number of rotatable bonds is 3. The minimum absolute atomic E-state index is 0.0328. The molecule has 0 radical (unpaired) electrons. The van der Waals surface area contributed by atoms with E-state index in [1.165, 1.54) is 25.6 Å². The summed E-state index contributed by atoms with van der Waals surface area (Å²) in [5.74, 6) is -0.331. The van der Waals surface area contributed by atoms with E-state index in [-0.39, 0.29) is 41.4 Å². The van der Waals surface area contributed by atoms with Crippen LogP contribution in [0.3, 0.4) is 0 Å². The quantitative estimate of drug-likeness (QED) is 0.410. The van der Waals surface area contributed by atoms with Crippen molar-refractivity contribution in [1.82, 2.24) is 19.1 Å². The van der Waals surface area contributed by atoms with Gasteiger partial charge < -0.3 is 15.2 Å². The largest absolute Gasteiger partial charge is 0.332 e. The zero-order valence-electron chi connectivity index (χ0n) is 17.8. The van der Waals surface area contributed by atoms with Gasteiger partial charge in [-0.05, 0) is 25.1 Å². The van der Waals surface area contributed by atoms with Gasteiger partial charge in [0.25, 0.3) is 11.5 Å². The normalized spacial score (nSPS) is 16.2. The van der Waals surface area contributed by atoms with E-state index in [4.69, 9.17) is 0 Å². The van der Waals surface area contributed by atoms with Crippen molar-refractivity contribution in [1.29, 1.82) is 0 Å². The lowest BCUT2D eigenvalue weighted by molar-refractivity contribution is -0.117. The van der Waals surface area contributed by atoms with Gasteiger partial charge in [0.1, 0.15) is 0 Å². The summed E-state index contributed by atoms with van der Waals surface area (Å²) in [6.07, 6.45) is 0.185. The van der Waals surface area contributed by atoms with E-state index >= 15 is 0 Å². The Bertz CT molecular complexity index is 1400. The number of amides is 2. The molecule has 1 aliphatic heterocycles. The van der Waals surface area contributed by atoms with E-state index in [0.29, 0.717) is 17.1 Å². The summed E-state index contributed by atoms with van der Waals surface area (Å²) in [7, 11) is 2.87. The Hall–Kier alpha value is -4.29. The van der Waals surface area contributed by atoms with Crippen molar-refractivity contribution in [3.63, 3.8) is 0 Å². The lowest BCUT2D eigenvalue weighted by Gasteiger charge is -2.26. The van der Waals surface area contributed by atoms with Crippen LogP contribution in [0.1, 0.15) is 20.3 Å². The summed E-state index contributed by atoms with van der Waals surface area (Å²) >= 11 is 0. The molecule has 4 rings (SSSR count). The molecule has 13 nitrogen and oxygen atoms in total. The molecule has 3 aromatic rings. The highest BCUT2D eigenvalue weighted by molar-refractivity contribution is 6.04. The third kappa shape index (κ3) is 3.53. The summed E-state index contributed by atoms with van der Waals surface area (Å²) in [6, 6.07) is 4.76. The molecule has 2 amide bonds. The van der Waals surface area contributed by atoms with Crippen molar-refractivity contribution in [3.8, 4) is 0 Å². The maximum atomic E-state index is 12.2. The standard InChI is InChI=1S/C19H21N9O4/c1-9-7-14(30)20-12-8-11(5-6-13(12)28(9)10(2)29)23-25-24-18-21-15-16(22-18)26(3)19(32)27(4)17(15)31/h5-6,8-9H,7H2,1-4H3,(H,20,30)(H2,21,22,23,24)/t9-/m1/s1. The van der Waals surface area contributed by atoms with Gasteiger partial charge in [0, 0.05) is 33.5 Å². The van der Waals surface area contributed by atoms with Crippen LogP contribution in [0.4, 0.5) is 23.0 Å². The van der Waals surface area contributed by atoms with Gasteiger partial charge >= 0.3 is 5.69 Å². The van der Waals surface area contributed by atoms with E-state index in [0.717, 1.165) is 4.57 Å². The van der Waals surface area contributed by atoms with E-state index in [1.807, 2.05) is 6.92 Å². The fourth-order valence-electron chi connectivity index (χ4n) is 3.69. The van der Waals surface area contributed by atoms with Crippen LogP contribution in [0.5, 0.6) is 0 Å². The molecule has 32 heavy (non-hydrogen) atoms. The van der Waals surface area contributed by atoms with Crippen molar-refractivity contribution >= 4 is 46.0 Å². The Morgan fingerprint density at radius 3 is 2.69 bits per heavy atom. The van der Waals surface area contributed by atoms with E-state index in [1.54, 1.807) is 23.1 Å². The number of carbonyl (C=O) groups is 2. The number of fused-ring (bicyclic) bond motifs is 2. The molecule has 13 heteroatoms. The molecule has 0 saturated carbocycles. The first kappa shape index (κ1) is 21.0. The third-order valence-electron chi connectivity index (χ3n) is 5.20. The fourth-order valence-corrected chi connectivity index (χ4v) is 3.69. The summed E-state index contributed by atoms with van der Waals surface area (Å²) in [5, 5.41) is 10.6. The maximum absolute atomic E-state index is 12.2. The number of benzene rings is 1. The van der Waals surface area contributed by atoms with Crippen molar-refractivity contribution in [3.05, 3.63) is 39.0 Å². The monoisotopic (exact) mass is 439 g/mol. The van der Waals surface area contributed by atoms with Crippen LogP contribution in [-0.4, -0.2) is 37.0 Å². The van der Waals surface area contributed by atoms with E-state index in [9.17, 15) is 19.2 Å². The van der Waals surface area contributed by atoms with Gasteiger partial charge in [0.05, 0.1) is 17.1 Å². The zero-order chi connectivity index (χ0) is 23.2. The smallest absolute Gasteiger partial charge is 0.324 e. The first-order valence-electron chi connectivity index (χ1n) is 9.73. The first-order chi connectivity index (χ1) is 15.2. The number of aryl methyl sites for hydroxylation is 1. The van der Waals surface area contributed by atoms with Crippen LogP contribution in [0.2, 0.25) is 0 Å². The molecule has 1 aliphatic rings. The molecule has 0 unspecified atom stereocenters. The highest BCUT2D eigenvalue weighted by Crippen LogP contribution is 2.34. The number of hydrogen-bond donors (Lipinski definition) is 3. The molecular formula is C19H21N9O4. The molecule has 1 atom stereocenters. The Labute approximate surface area is 180 Å². The SMILES string of the molecule is CC(=O)N1c2ccc(NN=Nc3nc4c([nH]3)c(=O)n(C)c(=O)n4C)cc2NC(=O)C[C@H]1C. The van der Waals surface area contributed by atoms with Crippen molar-refractivity contribution in [2.75, 3.05) is 15.6 Å². The Morgan fingerprint density at radius 2 is 1.97 bits per heavy atom. The molecule has 0 aliphatic carbocycles. The average molecular weight is 439 g/mol. The van der Waals surface area contributed by atoms with Gasteiger partial charge in [-0.2, -0.15) is 4.98 Å². The number of hydrogen-bond acceptors (Lipinski definition) is 7. The first-order valence-corrected chi connectivity index (χ1v) is 9.73. The number of aromatic amines is 1. The van der Waals surface area contributed by atoms with Gasteiger partial charge in [-0.25, -0.2) is 4.79 Å². The number of aromatic nitrogens is 4. The van der Waals surface area contributed by atoms with Gasteiger partial charge in [-0.15, -0.1) is 0 Å². The van der Waals surface area contributed by atoms with Crippen LogP contribution < -0.4 is 26.9 Å². The minimum Gasteiger partial charge on any atom is -0.324 e. The van der Waals surface area contributed by atoms with Crippen LogP contribution >= 0.6 is 0 Å². The van der Waals surface area contributed by atoms with Crippen molar-refractivity contribution in [2.45, 2.75) is 26.3 Å². The summed E-state index contributed by atoms with van der Waals surface area (Å²) in [6.45, 7) is 3.26.